The summed E-state index contributed by atoms with van der Waals surface area (Å²) in [5.41, 5.74) is 1.59. The second-order valence-corrected chi connectivity index (χ2v) is 9.42. The van der Waals surface area contributed by atoms with Gasteiger partial charge >= 0.3 is 5.69 Å². The molecule has 0 N–H and O–H groups in total. The number of aromatic nitrogens is 6. The van der Waals surface area contributed by atoms with Crippen LogP contribution in [0.3, 0.4) is 0 Å². The third-order valence-electron chi connectivity index (χ3n) is 6.45. The highest BCUT2D eigenvalue weighted by Crippen LogP contribution is 2.31. The maximum absolute atomic E-state index is 13.6. The van der Waals surface area contributed by atoms with E-state index < -0.39 is 11.2 Å². The summed E-state index contributed by atoms with van der Waals surface area (Å²) in [5, 5.41) is 15.8. The van der Waals surface area contributed by atoms with Gasteiger partial charge in [0.15, 0.2) is 5.65 Å². The van der Waals surface area contributed by atoms with E-state index in [2.05, 4.69) is 16.2 Å². The van der Waals surface area contributed by atoms with Gasteiger partial charge in [0.1, 0.15) is 17.3 Å². The Balaban J connectivity index is 1.54. The van der Waals surface area contributed by atoms with Gasteiger partial charge in [-0.3, -0.25) is 19.0 Å². The molecule has 0 saturated heterocycles. The molecule has 0 spiro atoms. The molecule has 0 amide bonds. The van der Waals surface area contributed by atoms with Crippen molar-refractivity contribution in [3.8, 4) is 11.9 Å². The molecule has 6 rings (SSSR count). The highest BCUT2D eigenvalue weighted by molar-refractivity contribution is 6.31. The molecule has 1 aliphatic carbocycles. The summed E-state index contributed by atoms with van der Waals surface area (Å²) in [6, 6.07) is 11.0. The van der Waals surface area contributed by atoms with Crippen molar-refractivity contribution in [2.75, 3.05) is 0 Å². The van der Waals surface area contributed by atoms with Crippen molar-refractivity contribution in [3.63, 3.8) is 0 Å². The van der Waals surface area contributed by atoms with Crippen molar-refractivity contribution in [2.24, 2.45) is 13.0 Å². The second kappa shape index (κ2) is 7.96. The Morgan fingerprint density at radius 2 is 1.97 bits per heavy atom. The average Bonchev–Trinajstić information content (AvgIpc) is 3.45. The zero-order valence-corrected chi connectivity index (χ0v) is 19.6. The first-order valence-corrected chi connectivity index (χ1v) is 11.6. The minimum atomic E-state index is -0.461. The van der Waals surface area contributed by atoms with Gasteiger partial charge in [0.25, 0.3) is 5.56 Å². The van der Waals surface area contributed by atoms with Crippen molar-refractivity contribution in [1.29, 1.82) is 5.26 Å². The van der Waals surface area contributed by atoms with Gasteiger partial charge in [0, 0.05) is 42.6 Å². The van der Waals surface area contributed by atoms with E-state index in [1.807, 2.05) is 18.2 Å². The minimum Gasteiger partial charge on any atom is -0.336 e. The molecule has 1 saturated carbocycles. The molecule has 1 aliphatic rings. The maximum Gasteiger partial charge on any atom is 0.338 e. The molecule has 4 heterocycles. The van der Waals surface area contributed by atoms with Gasteiger partial charge in [0.05, 0.1) is 17.6 Å². The standard InChI is InChI=1S/C25H20ClN7O2/c1-30-11-16(10-27)8-22(30)33-24(34)20-14-31(29-23(20)32(25(33)35)12-15-2-3-15)13-17-6-7-28-21-5-4-18(26)9-19(17)21/h4-9,11,14-15H,2-3,12-13H2,1H3. The number of fused-ring (bicyclic) bond motifs is 2. The SMILES string of the molecule is Cn1cc(C#N)cc1-n1c(=O)c2cn(Cc3ccnc4ccc(Cl)cc34)nc2n(CC2CC2)c1=O. The van der Waals surface area contributed by atoms with Gasteiger partial charge in [-0.15, -0.1) is 0 Å². The summed E-state index contributed by atoms with van der Waals surface area (Å²) in [7, 11) is 1.71. The highest BCUT2D eigenvalue weighted by Gasteiger charge is 2.26. The molecule has 0 aliphatic heterocycles. The number of hydrogen-bond acceptors (Lipinski definition) is 5. The summed E-state index contributed by atoms with van der Waals surface area (Å²) in [6.07, 6.45) is 7.09. The molecule has 0 unspecified atom stereocenters. The molecular formula is C25H20ClN7O2. The number of pyridine rings is 1. The van der Waals surface area contributed by atoms with E-state index in [9.17, 15) is 14.9 Å². The van der Waals surface area contributed by atoms with Crippen LogP contribution >= 0.6 is 11.6 Å². The van der Waals surface area contributed by atoms with E-state index in [1.54, 1.807) is 51.6 Å². The molecule has 10 heteroatoms. The third-order valence-corrected chi connectivity index (χ3v) is 6.69. The fourth-order valence-electron chi connectivity index (χ4n) is 4.51. The van der Waals surface area contributed by atoms with Gasteiger partial charge < -0.3 is 4.57 Å². The van der Waals surface area contributed by atoms with E-state index in [0.717, 1.165) is 33.9 Å². The molecule has 1 fully saturated rings. The first-order valence-electron chi connectivity index (χ1n) is 11.3. The molecule has 0 radical (unpaired) electrons. The van der Waals surface area contributed by atoms with E-state index in [-0.39, 0.29) is 0 Å². The Morgan fingerprint density at radius 1 is 1.14 bits per heavy atom. The fraction of sp³-hybridized carbons (Fsp3) is 0.240. The van der Waals surface area contributed by atoms with Crippen LogP contribution in [0.1, 0.15) is 24.0 Å². The van der Waals surface area contributed by atoms with Crippen LogP contribution in [0.5, 0.6) is 0 Å². The predicted molar refractivity (Wildman–Crippen MR) is 132 cm³/mol. The van der Waals surface area contributed by atoms with E-state index >= 15 is 0 Å². The summed E-state index contributed by atoms with van der Waals surface area (Å²) < 4.78 is 6.02. The minimum absolute atomic E-state index is 0.348. The zero-order chi connectivity index (χ0) is 24.3. The van der Waals surface area contributed by atoms with E-state index in [0.29, 0.717) is 46.4 Å². The van der Waals surface area contributed by atoms with Crippen LogP contribution in [0, 0.1) is 17.2 Å². The van der Waals surface area contributed by atoms with Crippen LogP contribution in [0.25, 0.3) is 27.8 Å². The number of nitriles is 1. The largest absolute Gasteiger partial charge is 0.338 e. The van der Waals surface area contributed by atoms with Crippen LogP contribution < -0.4 is 11.2 Å². The van der Waals surface area contributed by atoms with Crippen molar-refractivity contribution in [3.05, 3.63) is 85.9 Å². The molecule has 5 aromatic rings. The predicted octanol–water partition coefficient (Wildman–Crippen LogP) is 3.22. The van der Waals surface area contributed by atoms with Gasteiger partial charge in [-0.25, -0.2) is 9.36 Å². The van der Waals surface area contributed by atoms with Gasteiger partial charge in [-0.2, -0.15) is 10.4 Å². The topological polar surface area (TPSA) is 103 Å². The Hall–Kier alpha value is -4.16. The lowest BCUT2D eigenvalue weighted by molar-refractivity contribution is 0.580. The number of benzene rings is 1. The lowest BCUT2D eigenvalue weighted by Gasteiger charge is -2.11. The zero-order valence-electron chi connectivity index (χ0n) is 18.8. The summed E-state index contributed by atoms with van der Waals surface area (Å²) >= 11 is 6.22. The van der Waals surface area contributed by atoms with Crippen LogP contribution in [-0.4, -0.2) is 28.5 Å². The Bertz CT molecular complexity index is 1800. The molecule has 0 atom stereocenters. The van der Waals surface area contributed by atoms with Gasteiger partial charge in [-0.1, -0.05) is 11.6 Å². The Morgan fingerprint density at radius 3 is 2.71 bits per heavy atom. The average molecular weight is 486 g/mol. The monoisotopic (exact) mass is 485 g/mol. The van der Waals surface area contributed by atoms with Crippen LogP contribution in [0.4, 0.5) is 0 Å². The van der Waals surface area contributed by atoms with Crippen LogP contribution in [-0.2, 0) is 20.1 Å². The molecule has 174 valence electrons. The Labute approximate surface area is 204 Å². The van der Waals surface area contributed by atoms with Crippen LogP contribution in [0.15, 0.2) is 58.5 Å². The highest BCUT2D eigenvalue weighted by atomic mass is 35.5. The number of halogens is 1. The quantitative estimate of drug-likeness (QED) is 0.380. The molecule has 9 nitrogen and oxygen atoms in total. The second-order valence-electron chi connectivity index (χ2n) is 8.98. The molecule has 4 aromatic heterocycles. The lowest BCUT2D eigenvalue weighted by atomic mass is 10.1. The molecule has 35 heavy (non-hydrogen) atoms. The number of hydrogen-bond donors (Lipinski definition) is 0. The van der Waals surface area contributed by atoms with Gasteiger partial charge in [0.2, 0.25) is 0 Å². The first kappa shape index (κ1) is 21.4. The summed E-state index contributed by atoms with van der Waals surface area (Å²) in [5.74, 6) is 0.742. The fourth-order valence-corrected chi connectivity index (χ4v) is 4.68. The lowest BCUT2D eigenvalue weighted by Crippen LogP contribution is -2.40. The van der Waals surface area contributed by atoms with Crippen molar-refractivity contribution in [2.45, 2.75) is 25.9 Å². The van der Waals surface area contributed by atoms with E-state index in [4.69, 9.17) is 11.6 Å². The van der Waals surface area contributed by atoms with Crippen molar-refractivity contribution >= 4 is 33.5 Å². The summed E-state index contributed by atoms with van der Waals surface area (Å²) in [6.45, 7) is 0.879. The van der Waals surface area contributed by atoms with Crippen molar-refractivity contribution in [1.82, 2.24) is 28.5 Å². The number of aryl methyl sites for hydroxylation is 1. The number of rotatable bonds is 5. The smallest absolute Gasteiger partial charge is 0.336 e. The van der Waals surface area contributed by atoms with Crippen LogP contribution in [0.2, 0.25) is 5.02 Å². The maximum atomic E-state index is 13.6. The molecular weight excluding hydrogens is 466 g/mol. The van der Waals surface area contributed by atoms with Crippen molar-refractivity contribution < 1.29 is 0 Å². The molecule has 0 bridgehead atoms. The normalized spacial score (nSPS) is 13.5. The summed E-state index contributed by atoms with van der Waals surface area (Å²) in [4.78, 5) is 31.5. The number of nitrogens with zero attached hydrogens (tertiary/aromatic N) is 7. The molecule has 1 aromatic carbocycles. The van der Waals surface area contributed by atoms with Gasteiger partial charge in [-0.05, 0) is 54.7 Å². The first-order chi connectivity index (χ1) is 16.9. The third kappa shape index (κ3) is 3.63. The van der Waals surface area contributed by atoms with E-state index in [1.165, 1.54) is 0 Å². The Kier molecular flexibility index (Phi) is 4.86.